The van der Waals surface area contributed by atoms with Crippen LogP contribution in [0.4, 0.5) is 0 Å². The van der Waals surface area contributed by atoms with E-state index >= 15 is 0 Å². The molecule has 1 rings (SSSR count). The minimum atomic E-state index is 1.12. The molecular weight excluding hydrogens is 122 g/mol. The molecule has 0 aromatic carbocycles. The van der Waals surface area contributed by atoms with Gasteiger partial charge in [0.05, 0.1) is 0 Å². The Labute approximate surface area is 62.3 Å². The Hall–Kier alpha value is -0.980. The third-order valence-corrected chi connectivity index (χ3v) is 2.05. The summed E-state index contributed by atoms with van der Waals surface area (Å²) in [6.45, 7) is 8.10. The Morgan fingerprint density at radius 1 is 1.40 bits per heavy atom. The van der Waals surface area contributed by atoms with Crippen molar-refractivity contribution in [3.63, 3.8) is 0 Å². The van der Waals surface area contributed by atoms with E-state index in [1.165, 1.54) is 11.3 Å². The predicted octanol–water partition coefficient (Wildman–Crippen LogP) is 2.30. The lowest BCUT2D eigenvalue weighted by Crippen LogP contribution is -2.13. The van der Waals surface area contributed by atoms with Gasteiger partial charge in [-0.1, -0.05) is 6.58 Å². The summed E-state index contributed by atoms with van der Waals surface area (Å²) in [6.07, 6.45) is 4.06. The smallest absolute Gasteiger partial charge is 0.0175 e. The lowest BCUT2D eigenvalue weighted by molar-refractivity contribution is 0.556. The molecule has 0 aliphatic carbocycles. The Kier molecular flexibility index (Phi) is 1.66. The molecule has 0 spiro atoms. The summed E-state index contributed by atoms with van der Waals surface area (Å²) < 4.78 is 0. The highest BCUT2D eigenvalue weighted by atomic mass is 15.1. The molecule has 0 aromatic rings. The van der Waals surface area contributed by atoms with Gasteiger partial charge in [-0.15, -0.1) is 0 Å². The molecule has 0 unspecified atom stereocenters. The van der Waals surface area contributed by atoms with Crippen LogP contribution in [0.25, 0.3) is 0 Å². The largest absolute Gasteiger partial charge is 0.354 e. The van der Waals surface area contributed by atoms with E-state index in [0.717, 1.165) is 5.57 Å². The van der Waals surface area contributed by atoms with Crippen LogP contribution in [-0.2, 0) is 0 Å². The monoisotopic (exact) mass is 135 g/mol. The van der Waals surface area contributed by atoms with E-state index in [2.05, 4.69) is 25.3 Å². The summed E-state index contributed by atoms with van der Waals surface area (Å²) in [6, 6.07) is 0. The van der Waals surface area contributed by atoms with Crippen LogP contribution in [0.15, 0.2) is 35.7 Å². The Bertz CT molecular complexity index is 221. The standard InChI is InChI=1S/C9H13N/c1-7-5-6-10(4)9(3)8(7)2/h5-6H,1H2,2-4H3. The van der Waals surface area contributed by atoms with Crippen LogP contribution < -0.4 is 0 Å². The van der Waals surface area contributed by atoms with Crippen molar-refractivity contribution in [2.45, 2.75) is 13.8 Å². The van der Waals surface area contributed by atoms with Crippen LogP contribution in [0.1, 0.15) is 13.8 Å². The predicted molar refractivity (Wildman–Crippen MR) is 44.4 cm³/mol. The van der Waals surface area contributed by atoms with Crippen LogP contribution in [0, 0.1) is 0 Å². The van der Waals surface area contributed by atoms with E-state index in [9.17, 15) is 0 Å². The van der Waals surface area contributed by atoms with Crippen molar-refractivity contribution in [2.75, 3.05) is 7.05 Å². The minimum Gasteiger partial charge on any atom is -0.354 e. The third kappa shape index (κ3) is 0.991. The lowest BCUT2D eigenvalue weighted by Gasteiger charge is -2.22. The zero-order valence-corrected chi connectivity index (χ0v) is 6.81. The van der Waals surface area contributed by atoms with Crippen molar-refractivity contribution in [1.29, 1.82) is 0 Å². The zero-order valence-electron chi connectivity index (χ0n) is 6.81. The summed E-state index contributed by atoms with van der Waals surface area (Å²) in [5.74, 6) is 0. The van der Waals surface area contributed by atoms with Gasteiger partial charge in [-0.25, -0.2) is 0 Å². The molecule has 1 aliphatic rings. The van der Waals surface area contributed by atoms with E-state index in [1.807, 2.05) is 19.3 Å². The molecule has 0 radical (unpaired) electrons. The molecule has 10 heavy (non-hydrogen) atoms. The fraction of sp³-hybridized carbons (Fsp3) is 0.333. The van der Waals surface area contributed by atoms with Crippen molar-refractivity contribution in [3.05, 3.63) is 35.7 Å². The van der Waals surface area contributed by atoms with E-state index in [4.69, 9.17) is 0 Å². The molecule has 0 saturated heterocycles. The first-order valence-corrected chi connectivity index (χ1v) is 3.40. The van der Waals surface area contributed by atoms with E-state index in [0.29, 0.717) is 0 Å². The van der Waals surface area contributed by atoms with Crippen molar-refractivity contribution in [1.82, 2.24) is 4.90 Å². The maximum absolute atomic E-state index is 3.91. The van der Waals surface area contributed by atoms with Crippen molar-refractivity contribution in [2.24, 2.45) is 0 Å². The third-order valence-electron chi connectivity index (χ3n) is 2.05. The molecule has 0 amide bonds. The summed E-state index contributed by atoms with van der Waals surface area (Å²) in [5.41, 5.74) is 3.69. The van der Waals surface area contributed by atoms with Crippen molar-refractivity contribution in [3.8, 4) is 0 Å². The molecule has 54 valence electrons. The second kappa shape index (κ2) is 2.33. The van der Waals surface area contributed by atoms with Crippen LogP contribution in [0.3, 0.4) is 0 Å². The molecule has 0 N–H and O–H groups in total. The van der Waals surface area contributed by atoms with Crippen molar-refractivity contribution >= 4 is 0 Å². The molecule has 0 fully saturated rings. The van der Waals surface area contributed by atoms with E-state index < -0.39 is 0 Å². The highest BCUT2D eigenvalue weighted by Gasteiger charge is 2.06. The van der Waals surface area contributed by atoms with Crippen LogP contribution >= 0.6 is 0 Å². The molecule has 0 atom stereocenters. The number of hydrogen-bond acceptors (Lipinski definition) is 1. The zero-order chi connectivity index (χ0) is 7.72. The number of allylic oxidation sites excluding steroid dienone is 4. The second-order valence-electron chi connectivity index (χ2n) is 2.66. The number of rotatable bonds is 0. The molecule has 0 saturated carbocycles. The van der Waals surface area contributed by atoms with Gasteiger partial charge in [0, 0.05) is 18.9 Å². The summed E-state index contributed by atoms with van der Waals surface area (Å²) in [7, 11) is 2.04. The average molecular weight is 135 g/mol. The first kappa shape index (κ1) is 7.13. The van der Waals surface area contributed by atoms with Gasteiger partial charge in [0.15, 0.2) is 0 Å². The Morgan fingerprint density at radius 2 is 2.00 bits per heavy atom. The van der Waals surface area contributed by atoms with Gasteiger partial charge in [-0.05, 0) is 31.1 Å². The van der Waals surface area contributed by atoms with Gasteiger partial charge >= 0.3 is 0 Å². The van der Waals surface area contributed by atoms with Gasteiger partial charge < -0.3 is 4.90 Å². The normalized spacial score (nSPS) is 18.7. The van der Waals surface area contributed by atoms with Crippen LogP contribution in [0.2, 0.25) is 0 Å². The first-order valence-electron chi connectivity index (χ1n) is 3.40. The number of hydrogen-bond donors (Lipinski definition) is 0. The number of nitrogens with zero attached hydrogens (tertiary/aromatic N) is 1. The Morgan fingerprint density at radius 3 is 2.50 bits per heavy atom. The Balaban J connectivity index is 3.00. The molecule has 1 aliphatic heterocycles. The van der Waals surface area contributed by atoms with E-state index in [-0.39, 0.29) is 0 Å². The van der Waals surface area contributed by atoms with Crippen LogP contribution in [-0.4, -0.2) is 11.9 Å². The first-order chi connectivity index (χ1) is 4.63. The quantitative estimate of drug-likeness (QED) is 0.492. The van der Waals surface area contributed by atoms with E-state index in [1.54, 1.807) is 0 Å². The fourth-order valence-corrected chi connectivity index (χ4v) is 0.935. The summed E-state index contributed by atoms with van der Waals surface area (Å²) >= 11 is 0. The summed E-state index contributed by atoms with van der Waals surface area (Å²) in [4.78, 5) is 2.10. The molecule has 1 nitrogen and oxygen atoms in total. The highest BCUT2D eigenvalue weighted by Crippen LogP contribution is 2.20. The van der Waals surface area contributed by atoms with Gasteiger partial charge in [-0.2, -0.15) is 0 Å². The molecule has 0 bridgehead atoms. The SMILES string of the molecule is C=C1C=CN(C)C(C)=C1C. The van der Waals surface area contributed by atoms with Crippen molar-refractivity contribution < 1.29 is 0 Å². The van der Waals surface area contributed by atoms with Gasteiger partial charge in [0.2, 0.25) is 0 Å². The maximum Gasteiger partial charge on any atom is 0.0175 e. The lowest BCUT2D eigenvalue weighted by atomic mass is 10.1. The maximum atomic E-state index is 3.91. The fourth-order valence-electron chi connectivity index (χ4n) is 0.935. The van der Waals surface area contributed by atoms with Gasteiger partial charge in [-0.3, -0.25) is 0 Å². The molecule has 1 heteroatoms. The minimum absolute atomic E-state index is 1.12. The molecular formula is C9H13N. The summed E-state index contributed by atoms with van der Waals surface area (Å²) in [5, 5.41) is 0. The van der Waals surface area contributed by atoms with Gasteiger partial charge in [0.25, 0.3) is 0 Å². The van der Waals surface area contributed by atoms with Gasteiger partial charge in [0.1, 0.15) is 0 Å². The second-order valence-corrected chi connectivity index (χ2v) is 2.66. The molecule has 1 heterocycles. The topological polar surface area (TPSA) is 3.24 Å². The highest BCUT2D eigenvalue weighted by molar-refractivity contribution is 5.41. The molecule has 0 aromatic heterocycles. The average Bonchev–Trinajstić information content (AvgIpc) is 1.93. The van der Waals surface area contributed by atoms with Crippen LogP contribution in [0.5, 0.6) is 0 Å².